The van der Waals surface area contributed by atoms with Gasteiger partial charge < -0.3 is 9.26 Å². The van der Waals surface area contributed by atoms with E-state index in [4.69, 9.17) is 9.26 Å². The van der Waals surface area contributed by atoms with Gasteiger partial charge in [-0.3, -0.25) is 10.1 Å². The molecule has 0 radical (unpaired) electrons. The largest absolute Gasteiger partial charge is 0.480 e. The lowest BCUT2D eigenvalue weighted by molar-refractivity contribution is -0.385. The van der Waals surface area contributed by atoms with E-state index in [1.165, 1.54) is 6.07 Å². The molecule has 0 unspecified atom stereocenters. The number of para-hydroxylation sites is 2. The summed E-state index contributed by atoms with van der Waals surface area (Å²) in [5.41, 5.74) is 0.510. The Labute approximate surface area is 123 Å². The summed E-state index contributed by atoms with van der Waals surface area (Å²) in [5, 5.41) is 16.7. The first-order valence-corrected chi connectivity index (χ1v) is 6.97. The maximum Gasteiger partial charge on any atom is 0.310 e. The molecule has 1 aromatic carbocycles. The molecular formula is C14H10N2O4S. The smallest absolute Gasteiger partial charge is 0.310 e. The van der Waals surface area contributed by atoms with Crippen molar-refractivity contribution >= 4 is 17.0 Å². The fraction of sp³-hybridized carbons (Fsp3) is 0.0714. The summed E-state index contributed by atoms with van der Waals surface area (Å²) in [5.74, 6) is 0.870. The number of aromatic nitrogens is 1. The Balaban J connectivity index is 1.73. The lowest BCUT2D eigenvalue weighted by atomic mass is 10.3. The second kappa shape index (κ2) is 5.76. The maximum atomic E-state index is 10.9. The quantitative estimate of drug-likeness (QED) is 0.527. The van der Waals surface area contributed by atoms with Gasteiger partial charge in [0.15, 0.2) is 11.5 Å². The molecule has 0 aliphatic rings. The van der Waals surface area contributed by atoms with Crippen molar-refractivity contribution in [1.29, 1.82) is 0 Å². The fourth-order valence-electron chi connectivity index (χ4n) is 1.80. The summed E-state index contributed by atoms with van der Waals surface area (Å²) >= 11 is 1.55. The maximum absolute atomic E-state index is 10.9. The first kappa shape index (κ1) is 13.3. The minimum atomic E-state index is -0.477. The predicted octanol–water partition coefficient (Wildman–Crippen LogP) is 3.89. The third-order valence-electron chi connectivity index (χ3n) is 2.76. The van der Waals surface area contributed by atoms with Crippen LogP contribution in [-0.2, 0) is 6.61 Å². The van der Waals surface area contributed by atoms with Gasteiger partial charge in [0, 0.05) is 12.1 Å². The van der Waals surface area contributed by atoms with E-state index in [1.807, 2.05) is 17.5 Å². The molecule has 3 rings (SSSR count). The third kappa shape index (κ3) is 2.92. The van der Waals surface area contributed by atoms with Gasteiger partial charge >= 0.3 is 5.69 Å². The van der Waals surface area contributed by atoms with Gasteiger partial charge in [0.05, 0.1) is 9.80 Å². The predicted molar refractivity (Wildman–Crippen MR) is 77.2 cm³/mol. The number of nitro benzene ring substituents is 1. The highest BCUT2D eigenvalue weighted by molar-refractivity contribution is 7.13. The second-order valence-corrected chi connectivity index (χ2v) is 5.12. The van der Waals surface area contributed by atoms with Crippen LogP contribution in [0.15, 0.2) is 52.4 Å². The van der Waals surface area contributed by atoms with Crippen LogP contribution in [-0.4, -0.2) is 10.1 Å². The van der Waals surface area contributed by atoms with Crippen molar-refractivity contribution in [3.8, 4) is 16.4 Å². The van der Waals surface area contributed by atoms with Crippen molar-refractivity contribution in [2.24, 2.45) is 0 Å². The van der Waals surface area contributed by atoms with E-state index in [2.05, 4.69) is 5.16 Å². The van der Waals surface area contributed by atoms with E-state index >= 15 is 0 Å². The van der Waals surface area contributed by atoms with Gasteiger partial charge in [-0.2, -0.15) is 0 Å². The van der Waals surface area contributed by atoms with Gasteiger partial charge in [0.1, 0.15) is 12.3 Å². The molecule has 0 spiro atoms. The zero-order valence-corrected chi connectivity index (χ0v) is 11.6. The van der Waals surface area contributed by atoms with E-state index in [9.17, 15) is 10.1 Å². The van der Waals surface area contributed by atoms with E-state index in [0.717, 1.165) is 4.88 Å². The van der Waals surface area contributed by atoms with Crippen LogP contribution >= 0.6 is 11.3 Å². The van der Waals surface area contributed by atoms with Crippen LogP contribution < -0.4 is 4.74 Å². The number of nitrogens with zero attached hydrogens (tertiary/aromatic N) is 2. The normalized spacial score (nSPS) is 10.5. The molecule has 2 heterocycles. The molecule has 3 aromatic rings. The summed E-state index contributed by atoms with van der Waals surface area (Å²) in [7, 11) is 0. The zero-order valence-electron chi connectivity index (χ0n) is 10.8. The SMILES string of the molecule is O=[N+]([O-])c1ccccc1OCc1cc(-c2cccs2)on1. The molecule has 0 fully saturated rings. The van der Waals surface area contributed by atoms with Crippen LogP contribution in [0.3, 0.4) is 0 Å². The van der Waals surface area contributed by atoms with Crippen molar-refractivity contribution in [2.45, 2.75) is 6.61 Å². The molecule has 0 saturated heterocycles. The highest BCUT2D eigenvalue weighted by Gasteiger charge is 2.15. The van der Waals surface area contributed by atoms with E-state index in [0.29, 0.717) is 11.5 Å². The van der Waals surface area contributed by atoms with Crippen LogP contribution in [0, 0.1) is 10.1 Å². The molecule has 0 aliphatic carbocycles. The molecule has 0 bridgehead atoms. The van der Waals surface area contributed by atoms with Crippen LogP contribution in [0.1, 0.15) is 5.69 Å². The van der Waals surface area contributed by atoms with Gasteiger partial charge in [0.2, 0.25) is 0 Å². The molecular weight excluding hydrogens is 292 g/mol. The molecule has 7 heteroatoms. The average Bonchev–Trinajstić information content (AvgIpc) is 3.16. The minimum Gasteiger partial charge on any atom is -0.480 e. The number of ether oxygens (including phenoxy) is 1. The molecule has 2 aromatic heterocycles. The summed E-state index contributed by atoms with van der Waals surface area (Å²) in [6.45, 7) is 0.111. The lowest BCUT2D eigenvalue weighted by Crippen LogP contribution is -1.98. The third-order valence-corrected chi connectivity index (χ3v) is 3.64. The molecule has 21 heavy (non-hydrogen) atoms. The summed E-state index contributed by atoms with van der Waals surface area (Å²) in [6.07, 6.45) is 0. The Bertz CT molecular complexity index is 752. The van der Waals surface area contributed by atoms with Crippen LogP contribution in [0.25, 0.3) is 10.6 Å². The number of hydrogen-bond donors (Lipinski definition) is 0. The Morgan fingerprint density at radius 1 is 1.29 bits per heavy atom. The molecule has 0 saturated carbocycles. The minimum absolute atomic E-state index is 0.0699. The highest BCUT2D eigenvalue weighted by Crippen LogP contribution is 2.28. The molecule has 0 amide bonds. The van der Waals surface area contributed by atoms with Gasteiger partial charge in [-0.15, -0.1) is 11.3 Å². The Morgan fingerprint density at radius 2 is 2.14 bits per heavy atom. The average molecular weight is 302 g/mol. The van der Waals surface area contributed by atoms with E-state index in [1.54, 1.807) is 35.6 Å². The second-order valence-electron chi connectivity index (χ2n) is 4.17. The van der Waals surface area contributed by atoms with Gasteiger partial charge in [0.25, 0.3) is 0 Å². The van der Waals surface area contributed by atoms with Gasteiger partial charge in [-0.1, -0.05) is 23.4 Å². The van der Waals surface area contributed by atoms with Crippen molar-refractivity contribution < 1.29 is 14.2 Å². The number of benzene rings is 1. The molecule has 6 nitrogen and oxygen atoms in total. The van der Waals surface area contributed by atoms with Crippen molar-refractivity contribution in [2.75, 3.05) is 0 Å². The molecule has 0 N–H and O–H groups in total. The van der Waals surface area contributed by atoms with Crippen LogP contribution in [0.5, 0.6) is 5.75 Å². The first-order chi connectivity index (χ1) is 10.2. The van der Waals surface area contributed by atoms with Gasteiger partial charge in [-0.25, -0.2) is 0 Å². The zero-order chi connectivity index (χ0) is 14.7. The first-order valence-electron chi connectivity index (χ1n) is 6.10. The highest BCUT2D eigenvalue weighted by atomic mass is 32.1. The summed E-state index contributed by atoms with van der Waals surface area (Å²) < 4.78 is 10.7. The topological polar surface area (TPSA) is 78.4 Å². The monoisotopic (exact) mass is 302 g/mol. The van der Waals surface area contributed by atoms with E-state index in [-0.39, 0.29) is 18.0 Å². The Kier molecular flexibility index (Phi) is 3.65. The standard InChI is InChI=1S/C14H10N2O4S/c17-16(18)11-4-1-2-5-12(11)19-9-10-8-13(20-15-10)14-6-3-7-21-14/h1-8H,9H2. The lowest BCUT2D eigenvalue weighted by Gasteiger charge is -2.03. The van der Waals surface area contributed by atoms with Crippen molar-refractivity contribution in [3.05, 3.63) is 63.7 Å². The Hall–Kier alpha value is -2.67. The number of hydrogen-bond acceptors (Lipinski definition) is 6. The van der Waals surface area contributed by atoms with E-state index < -0.39 is 4.92 Å². The molecule has 0 aliphatic heterocycles. The van der Waals surface area contributed by atoms with Crippen molar-refractivity contribution in [3.63, 3.8) is 0 Å². The fourth-order valence-corrected chi connectivity index (χ4v) is 2.47. The number of rotatable bonds is 5. The number of nitro groups is 1. The summed E-state index contributed by atoms with van der Waals surface area (Å²) in [6, 6.07) is 11.8. The summed E-state index contributed by atoms with van der Waals surface area (Å²) in [4.78, 5) is 11.4. The van der Waals surface area contributed by atoms with Crippen LogP contribution in [0.2, 0.25) is 0 Å². The van der Waals surface area contributed by atoms with Crippen LogP contribution in [0.4, 0.5) is 5.69 Å². The Morgan fingerprint density at radius 3 is 2.90 bits per heavy atom. The number of thiophene rings is 1. The van der Waals surface area contributed by atoms with Crippen molar-refractivity contribution in [1.82, 2.24) is 5.16 Å². The van der Waals surface area contributed by atoms with Gasteiger partial charge in [-0.05, 0) is 17.5 Å². The molecule has 0 atom stereocenters. The molecule has 106 valence electrons.